The van der Waals surface area contributed by atoms with E-state index in [9.17, 15) is 0 Å². The van der Waals surface area contributed by atoms with E-state index in [-0.39, 0.29) is 6.04 Å². The fourth-order valence-electron chi connectivity index (χ4n) is 2.05. The molecule has 3 heteroatoms. The summed E-state index contributed by atoms with van der Waals surface area (Å²) in [7, 11) is 0. The van der Waals surface area contributed by atoms with Crippen molar-refractivity contribution in [3.05, 3.63) is 58.0 Å². The first-order chi connectivity index (χ1) is 8.56. The highest BCUT2D eigenvalue weighted by molar-refractivity contribution is 9.10. The standard InChI is InChI=1S/C15H18BrNO/c1-10-5-4-6-13(9-10)11(2)17-12(3)14-7-8-15(16)18-14/h4-9,11-12,17H,1-3H3/t11-,12?/m0/s1. The van der Waals surface area contributed by atoms with Crippen molar-refractivity contribution in [2.75, 3.05) is 0 Å². The molecule has 0 amide bonds. The summed E-state index contributed by atoms with van der Waals surface area (Å²) in [5.41, 5.74) is 2.59. The highest BCUT2D eigenvalue weighted by Crippen LogP contribution is 2.23. The van der Waals surface area contributed by atoms with Gasteiger partial charge in [-0.25, -0.2) is 0 Å². The topological polar surface area (TPSA) is 25.2 Å². The van der Waals surface area contributed by atoms with Crippen LogP contribution in [0.25, 0.3) is 0 Å². The maximum atomic E-state index is 5.56. The van der Waals surface area contributed by atoms with Crippen LogP contribution in [0.3, 0.4) is 0 Å². The largest absolute Gasteiger partial charge is 0.453 e. The number of hydrogen-bond donors (Lipinski definition) is 1. The zero-order valence-electron chi connectivity index (χ0n) is 10.9. The fourth-order valence-corrected chi connectivity index (χ4v) is 2.37. The normalized spacial score (nSPS) is 14.4. The molecule has 2 aromatic rings. The summed E-state index contributed by atoms with van der Waals surface area (Å²) in [4.78, 5) is 0. The molecule has 0 aliphatic rings. The van der Waals surface area contributed by atoms with Gasteiger partial charge in [0.2, 0.25) is 0 Å². The van der Waals surface area contributed by atoms with Gasteiger partial charge in [0, 0.05) is 6.04 Å². The van der Waals surface area contributed by atoms with Crippen LogP contribution in [-0.4, -0.2) is 0 Å². The SMILES string of the molecule is Cc1cccc([C@H](C)NC(C)c2ccc(Br)o2)c1. The summed E-state index contributed by atoms with van der Waals surface area (Å²) in [5, 5.41) is 3.54. The lowest BCUT2D eigenvalue weighted by Gasteiger charge is -2.19. The molecular weight excluding hydrogens is 290 g/mol. The number of halogens is 1. The quantitative estimate of drug-likeness (QED) is 0.880. The van der Waals surface area contributed by atoms with Gasteiger partial charge in [0.15, 0.2) is 4.67 Å². The van der Waals surface area contributed by atoms with Gasteiger partial charge >= 0.3 is 0 Å². The van der Waals surface area contributed by atoms with Gasteiger partial charge in [-0.2, -0.15) is 0 Å². The molecular formula is C15H18BrNO. The molecule has 1 unspecified atom stereocenters. The van der Waals surface area contributed by atoms with Crippen LogP contribution >= 0.6 is 15.9 Å². The van der Waals surface area contributed by atoms with E-state index in [1.165, 1.54) is 11.1 Å². The number of benzene rings is 1. The Kier molecular flexibility index (Phi) is 4.25. The number of nitrogens with one attached hydrogen (secondary N) is 1. The summed E-state index contributed by atoms with van der Waals surface area (Å²) in [6, 6.07) is 13.0. The number of hydrogen-bond acceptors (Lipinski definition) is 2. The van der Waals surface area contributed by atoms with Crippen molar-refractivity contribution in [1.82, 2.24) is 5.32 Å². The van der Waals surface area contributed by atoms with Crippen molar-refractivity contribution < 1.29 is 4.42 Å². The summed E-state index contributed by atoms with van der Waals surface area (Å²) in [6.07, 6.45) is 0. The number of rotatable bonds is 4. The molecule has 2 nitrogen and oxygen atoms in total. The monoisotopic (exact) mass is 307 g/mol. The number of aryl methyl sites for hydroxylation is 1. The Morgan fingerprint density at radius 1 is 1.11 bits per heavy atom. The van der Waals surface area contributed by atoms with Crippen LogP contribution in [0.4, 0.5) is 0 Å². The molecule has 0 aliphatic heterocycles. The van der Waals surface area contributed by atoms with E-state index in [1.807, 2.05) is 12.1 Å². The zero-order valence-corrected chi connectivity index (χ0v) is 12.5. The smallest absolute Gasteiger partial charge is 0.169 e. The Morgan fingerprint density at radius 2 is 1.89 bits per heavy atom. The molecule has 1 N–H and O–H groups in total. The lowest BCUT2D eigenvalue weighted by molar-refractivity contribution is 0.394. The first-order valence-electron chi connectivity index (χ1n) is 6.14. The van der Waals surface area contributed by atoms with Crippen LogP contribution in [0.15, 0.2) is 45.5 Å². The molecule has 1 aromatic carbocycles. The van der Waals surface area contributed by atoms with Gasteiger partial charge in [-0.3, -0.25) is 0 Å². The Hall–Kier alpha value is -1.06. The molecule has 18 heavy (non-hydrogen) atoms. The highest BCUT2D eigenvalue weighted by Gasteiger charge is 2.13. The van der Waals surface area contributed by atoms with Gasteiger partial charge in [0.05, 0.1) is 6.04 Å². The van der Waals surface area contributed by atoms with Crippen LogP contribution in [0.1, 0.15) is 42.8 Å². The minimum atomic E-state index is 0.187. The van der Waals surface area contributed by atoms with Gasteiger partial charge < -0.3 is 9.73 Å². The second kappa shape index (κ2) is 5.72. The van der Waals surface area contributed by atoms with E-state index < -0.39 is 0 Å². The minimum absolute atomic E-state index is 0.187. The van der Waals surface area contributed by atoms with Gasteiger partial charge in [-0.15, -0.1) is 0 Å². The third-order valence-electron chi connectivity index (χ3n) is 3.06. The average Bonchev–Trinajstić information content (AvgIpc) is 2.76. The molecule has 2 rings (SSSR count). The van der Waals surface area contributed by atoms with Crippen molar-refractivity contribution in [3.63, 3.8) is 0 Å². The Balaban J connectivity index is 2.05. The molecule has 0 saturated carbocycles. The second-order valence-corrected chi connectivity index (χ2v) is 5.45. The maximum Gasteiger partial charge on any atom is 0.169 e. The van der Waals surface area contributed by atoms with Crippen LogP contribution in [0.2, 0.25) is 0 Å². The van der Waals surface area contributed by atoms with E-state index in [4.69, 9.17) is 4.42 Å². The zero-order chi connectivity index (χ0) is 13.1. The summed E-state index contributed by atoms with van der Waals surface area (Å²) >= 11 is 3.33. The molecule has 1 heterocycles. The minimum Gasteiger partial charge on any atom is -0.453 e. The van der Waals surface area contributed by atoms with E-state index in [0.717, 1.165) is 10.4 Å². The first-order valence-corrected chi connectivity index (χ1v) is 6.93. The predicted octanol–water partition coefficient (Wildman–Crippen LogP) is 4.76. The average molecular weight is 308 g/mol. The van der Waals surface area contributed by atoms with E-state index in [2.05, 4.69) is 66.3 Å². The van der Waals surface area contributed by atoms with Crippen LogP contribution < -0.4 is 5.32 Å². The highest BCUT2D eigenvalue weighted by atomic mass is 79.9. The maximum absolute atomic E-state index is 5.56. The predicted molar refractivity (Wildman–Crippen MR) is 77.6 cm³/mol. The molecule has 0 fully saturated rings. The number of furan rings is 1. The summed E-state index contributed by atoms with van der Waals surface area (Å²) in [6.45, 7) is 6.39. The van der Waals surface area contributed by atoms with Gasteiger partial charge in [0.25, 0.3) is 0 Å². The molecule has 0 aliphatic carbocycles. The Bertz CT molecular complexity index is 521. The molecule has 0 radical (unpaired) electrons. The third-order valence-corrected chi connectivity index (χ3v) is 3.49. The molecule has 1 aromatic heterocycles. The van der Waals surface area contributed by atoms with Crippen LogP contribution in [-0.2, 0) is 0 Å². The van der Waals surface area contributed by atoms with Crippen LogP contribution in [0.5, 0.6) is 0 Å². The molecule has 0 saturated heterocycles. The Labute approximate surface area is 117 Å². The van der Waals surface area contributed by atoms with Crippen molar-refractivity contribution in [2.24, 2.45) is 0 Å². The summed E-state index contributed by atoms with van der Waals surface area (Å²) in [5.74, 6) is 0.946. The third kappa shape index (κ3) is 3.24. The van der Waals surface area contributed by atoms with E-state index >= 15 is 0 Å². The first kappa shape index (κ1) is 13.4. The van der Waals surface area contributed by atoms with Gasteiger partial charge in [-0.05, 0) is 54.4 Å². The van der Waals surface area contributed by atoms with Crippen molar-refractivity contribution >= 4 is 15.9 Å². The fraction of sp³-hybridized carbons (Fsp3) is 0.333. The van der Waals surface area contributed by atoms with E-state index in [1.54, 1.807) is 0 Å². The van der Waals surface area contributed by atoms with Crippen LogP contribution in [0, 0.1) is 6.92 Å². The Morgan fingerprint density at radius 3 is 2.50 bits per heavy atom. The lowest BCUT2D eigenvalue weighted by atomic mass is 10.0. The molecule has 0 spiro atoms. The van der Waals surface area contributed by atoms with Crippen molar-refractivity contribution in [3.8, 4) is 0 Å². The van der Waals surface area contributed by atoms with Gasteiger partial charge in [-0.1, -0.05) is 29.8 Å². The van der Waals surface area contributed by atoms with E-state index in [0.29, 0.717) is 6.04 Å². The van der Waals surface area contributed by atoms with Gasteiger partial charge in [0.1, 0.15) is 5.76 Å². The van der Waals surface area contributed by atoms with Crippen molar-refractivity contribution in [1.29, 1.82) is 0 Å². The second-order valence-electron chi connectivity index (χ2n) is 4.67. The lowest BCUT2D eigenvalue weighted by Crippen LogP contribution is -2.22. The molecule has 2 atom stereocenters. The molecule has 0 bridgehead atoms. The molecule has 96 valence electrons. The van der Waals surface area contributed by atoms with Crippen molar-refractivity contribution in [2.45, 2.75) is 32.9 Å². The summed E-state index contributed by atoms with van der Waals surface area (Å²) < 4.78 is 6.33.